The first kappa shape index (κ1) is 11.3. The number of primary amides is 1. The fraction of sp³-hybridized carbons (Fsp3) is 0.111. The number of hydrogen-bond donors (Lipinski definition) is 3. The summed E-state index contributed by atoms with van der Waals surface area (Å²) in [6.45, 7) is 0. The van der Waals surface area contributed by atoms with Crippen molar-refractivity contribution in [1.82, 2.24) is 5.32 Å². The number of carboxylic acid groups (broad SMARTS) is 1. The van der Waals surface area contributed by atoms with Crippen molar-refractivity contribution in [2.75, 3.05) is 0 Å². The highest BCUT2D eigenvalue weighted by molar-refractivity contribution is 6.30. The van der Waals surface area contributed by atoms with Crippen LogP contribution in [0.25, 0.3) is 0 Å². The monoisotopic (exact) mass is 228 g/mol. The van der Waals surface area contributed by atoms with Crippen LogP contribution in [-0.2, 0) is 4.79 Å². The Hall–Kier alpha value is -1.75. The van der Waals surface area contributed by atoms with E-state index in [9.17, 15) is 9.59 Å². The molecule has 0 bridgehead atoms. The van der Waals surface area contributed by atoms with E-state index in [1.165, 1.54) is 6.07 Å². The predicted molar refractivity (Wildman–Crippen MR) is 54.5 cm³/mol. The van der Waals surface area contributed by atoms with Gasteiger partial charge < -0.3 is 16.2 Å². The average molecular weight is 229 g/mol. The third kappa shape index (κ3) is 3.14. The highest BCUT2D eigenvalue weighted by atomic mass is 35.5. The second-order valence-corrected chi connectivity index (χ2v) is 3.27. The van der Waals surface area contributed by atoms with Crippen molar-refractivity contribution in [3.8, 4) is 0 Å². The van der Waals surface area contributed by atoms with Crippen LogP contribution >= 0.6 is 11.6 Å². The fourth-order valence-corrected chi connectivity index (χ4v) is 1.31. The van der Waals surface area contributed by atoms with Crippen molar-refractivity contribution >= 4 is 23.6 Å². The number of benzene rings is 1. The number of halogens is 1. The molecule has 0 aliphatic heterocycles. The van der Waals surface area contributed by atoms with E-state index in [2.05, 4.69) is 5.32 Å². The molecule has 15 heavy (non-hydrogen) atoms. The summed E-state index contributed by atoms with van der Waals surface area (Å²) in [7, 11) is 0. The van der Waals surface area contributed by atoms with Crippen LogP contribution in [0.3, 0.4) is 0 Å². The van der Waals surface area contributed by atoms with Gasteiger partial charge in [0.2, 0.25) is 0 Å². The van der Waals surface area contributed by atoms with Crippen LogP contribution in [-0.4, -0.2) is 17.1 Å². The number of urea groups is 1. The number of rotatable bonds is 3. The van der Waals surface area contributed by atoms with Gasteiger partial charge in [-0.05, 0) is 17.7 Å². The molecule has 0 fully saturated rings. The van der Waals surface area contributed by atoms with E-state index in [-0.39, 0.29) is 0 Å². The molecule has 0 radical (unpaired) electrons. The zero-order valence-electron chi connectivity index (χ0n) is 7.61. The van der Waals surface area contributed by atoms with Gasteiger partial charge in [-0.2, -0.15) is 0 Å². The summed E-state index contributed by atoms with van der Waals surface area (Å²) >= 11 is 5.69. The molecule has 1 rings (SSSR count). The second-order valence-electron chi connectivity index (χ2n) is 2.83. The topological polar surface area (TPSA) is 92.4 Å². The molecule has 1 aromatic carbocycles. The molecular weight excluding hydrogens is 220 g/mol. The third-order valence-electron chi connectivity index (χ3n) is 1.72. The maximum Gasteiger partial charge on any atom is 0.330 e. The molecule has 0 aliphatic rings. The smallest absolute Gasteiger partial charge is 0.330 e. The zero-order chi connectivity index (χ0) is 11.4. The summed E-state index contributed by atoms with van der Waals surface area (Å²) in [6.07, 6.45) is 0. The largest absolute Gasteiger partial charge is 0.479 e. The van der Waals surface area contributed by atoms with Gasteiger partial charge in [-0.15, -0.1) is 0 Å². The lowest BCUT2D eigenvalue weighted by Gasteiger charge is -2.13. The van der Waals surface area contributed by atoms with E-state index in [0.29, 0.717) is 10.6 Å². The summed E-state index contributed by atoms with van der Waals surface area (Å²) in [5.74, 6) is -1.20. The number of carboxylic acids is 1. The van der Waals surface area contributed by atoms with Crippen LogP contribution in [0.15, 0.2) is 24.3 Å². The highest BCUT2D eigenvalue weighted by Gasteiger charge is 2.20. The zero-order valence-corrected chi connectivity index (χ0v) is 8.36. The summed E-state index contributed by atoms with van der Waals surface area (Å²) < 4.78 is 0. The lowest BCUT2D eigenvalue weighted by Crippen LogP contribution is -2.37. The number of carbonyl (C=O) groups is 2. The summed E-state index contributed by atoms with van der Waals surface area (Å²) in [5, 5.41) is 11.4. The molecule has 80 valence electrons. The van der Waals surface area contributed by atoms with Gasteiger partial charge in [0.25, 0.3) is 0 Å². The number of carbonyl (C=O) groups excluding carboxylic acids is 1. The van der Waals surface area contributed by atoms with E-state index >= 15 is 0 Å². The van der Waals surface area contributed by atoms with Crippen molar-refractivity contribution < 1.29 is 14.7 Å². The molecule has 0 saturated heterocycles. The number of hydrogen-bond acceptors (Lipinski definition) is 2. The lowest BCUT2D eigenvalue weighted by atomic mass is 10.1. The normalized spacial score (nSPS) is 11.8. The Bertz CT molecular complexity index is 395. The third-order valence-corrected chi connectivity index (χ3v) is 1.95. The minimum Gasteiger partial charge on any atom is -0.479 e. The van der Waals surface area contributed by atoms with Crippen molar-refractivity contribution in [1.29, 1.82) is 0 Å². The van der Waals surface area contributed by atoms with Crippen LogP contribution < -0.4 is 11.1 Å². The summed E-state index contributed by atoms with van der Waals surface area (Å²) in [5.41, 5.74) is 5.23. The van der Waals surface area contributed by atoms with E-state index in [1.54, 1.807) is 18.2 Å². The van der Waals surface area contributed by atoms with Crippen LogP contribution in [0.4, 0.5) is 4.79 Å². The number of nitrogens with two attached hydrogens (primary N) is 1. The van der Waals surface area contributed by atoms with Crippen LogP contribution in [0, 0.1) is 0 Å². The quantitative estimate of drug-likeness (QED) is 0.724. The van der Waals surface area contributed by atoms with Gasteiger partial charge in [0.15, 0.2) is 6.04 Å². The average Bonchev–Trinajstić information content (AvgIpc) is 2.13. The van der Waals surface area contributed by atoms with E-state index in [4.69, 9.17) is 22.4 Å². The van der Waals surface area contributed by atoms with Crippen LogP contribution in [0.1, 0.15) is 11.6 Å². The second kappa shape index (κ2) is 4.65. The van der Waals surface area contributed by atoms with E-state index < -0.39 is 18.0 Å². The molecule has 0 heterocycles. The Morgan fingerprint density at radius 2 is 2.13 bits per heavy atom. The molecular formula is C9H9ClN2O3. The first-order valence-corrected chi connectivity index (χ1v) is 4.42. The molecule has 6 heteroatoms. The molecule has 4 N–H and O–H groups in total. The van der Waals surface area contributed by atoms with E-state index in [1.807, 2.05) is 0 Å². The van der Waals surface area contributed by atoms with Gasteiger partial charge in [-0.1, -0.05) is 23.7 Å². The molecule has 0 saturated carbocycles. The van der Waals surface area contributed by atoms with Gasteiger partial charge in [-0.25, -0.2) is 9.59 Å². The Labute approximate surface area is 90.8 Å². The predicted octanol–water partition coefficient (Wildman–Crippen LogP) is 1.13. The molecule has 2 amide bonds. The Morgan fingerprint density at radius 1 is 1.47 bits per heavy atom. The van der Waals surface area contributed by atoms with E-state index in [0.717, 1.165) is 0 Å². The van der Waals surface area contributed by atoms with Crippen LogP contribution in [0.5, 0.6) is 0 Å². The fourth-order valence-electron chi connectivity index (χ4n) is 1.12. The van der Waals surface area contributed by atoms with Crippen LogP contribution in [0.2, 0.25) is 5.02 Å². The lowest BCUT2D eigenvalue weighted by molar-refractivity contribution is -0.139. The maximum absolute atomic E-state index is 10.8. The summed E-state index contributed by atoms with van der Waals surface area (Å²) in [4.78, 5) is 21.4. The van der Waals surface area contributed by atoms with Gasteiger partial charge in [0, 0.05) is 5.02 Å². The highest BCUT2D eigenvalue weighted by Crippen LogP contribution is 2.17. The van der Waals surface area contributed by atoms with Crippen molar-refractivity contribution in [3.63, 3.8) is 0 Å². The SMILES string of the molecule is NC(=O)NC(C(=O)O)c1cccc(Cl)c1. The van der Waals surface area contributed by atoms with Crippen molar-refractivity contribution in [2.24, 2.45) is 5.73 Å². The number of amides is 2. The Kier molecular flexibility index (Phi) is 3.51. The van der Waals surface area contributed by atoms with Gasteiger partial charge in [0.05, 0.1) is 0 Å². The molecule has 1 unspecified atom stereocenters. The standard InChI is InChI=1S/C9H9ClN2O3/c10-6-3-1-2-5(4-6)7(8(13)14)12-9(11)15/h1-4,7H,(H,13,14)(H3,11,12,15). The molecule has 0 spiro atoms. The van der Waals surface area contributed by atoms with Gasteiger partial charge in [0.1, 0.15) is 0 Å². The van der Waals surface area contributed by atoms with Gasteiger partial charge in [-0.3, -0.25) is 0 Å². The molecule has 1 aromatic rings. The molecule has 1 atom stereocenters. The number of nitrogens with one attached hydrogen (secondary N) is 1. The Balaban J connectivity index is 2.98. The Morgan fingerprint density at radius 3 is 2.60 bits per heavy atom. The van der Waals surface area contributed by atoms with Crippen molar-refractivity contribution in [3.05, 3.63) is 34.9 Å². The van der Waals surface area contributed by atoms with Gasteiger partial charge >= 0.3 is 12.0 Å². The maximum atomic E-state index is 10.8. The van der Waals surface area contributed by atoms with Crippen molar-refractivity contribution in [2.45, 2.75) is 6.04 Å². The molecule has 5 nitrogen and oxygen atoms in total. The minimum atomic E-state index is -1.20. The number of aliphatic carboxylic acids is 1. The summed E-state index contributed by atoms with van der Waals surface area (Å²) in [6, 6.07) is 4.12. The first-order valence-electron chi connectivity index (χ1n) is 4.05. The minimum absolute atomic E-state index is 0.369. The molecule has 0 aliphatic carbocycles. The molecule has 0 aromatic heterocycles. The first-order chi connectivity index (χ1) is 7.00.